The van der Waals surface area contributed by atoms with Crippen LogP contribution in [0.2, 0.25) is 5.02 Å². The number of anilines is 1. The minimum absolute atomic E-state index is 0.0421. The molecule has 3 aromatic carbocycles. The molecule has 0 aliphatic carbocycles. The lowest BCUT2D eigenvalue weighted by molar-refractivity contribution is 0.1000. The van der Waals surface area contributed by atoms with E-state index in [9.17, 15) is 14.7 Å². The van der Waals surface area contributed by atoms with Gasteiger partial charge in [0, 0.05) is 24.2 Å². The standard InChI is InChI=1S/C28H22ClN5O4/c1-33-27(37)24(35)22(26-31-20-8-4-5-9-21(20)38-26)32-28(33)34-13-12-15-14-16(25(30)36)10-11-17(15)23(34)18-6-2-3-7-19(18)29/h2-11,14,23,35H,12-13H2,1H3,(H2,30,36)/t23-/m0/s1. The first-order valence-electron chi connectivity index (χ1n) is 11.9. The average Bonchev–Trinajstić information content (AvgIpc) is 3.35. The quantitative estimate of drug-likeness (QED) is 0.358. The van der Waals surface area contributed by atoms with E-state index in [1.807, 2.05) is 41.3 Å². The van der Waals surface area contributed by atoms with Gasteiger partial charge >= 0.3 is 0 Å². The summed E-state index contributed by atoms with van der Waals surface area (Å²) in [6, 6.07) is 19.5. The molecular formula is C28H22ClN5O4. The summed E-state index contributed by atoms with van der Waals surface area (Å²) in [4.78, 5) is 36.2. The van der Waals surface area contributed by atoms with Gasteiger partial charge in [-0.05, 0) is 53.4 Å². The fourth-order valence-electron chi connectivity index (χ4n) is 4.99. The van der Waals surface area contributed by atoms with Gasteiger partial charge in [-0.15, -0.1) is 0 Å². The van der Waals surface area contributed by atoms with Gasteiger partial charge in [-0.3, -0.25) is 14.2 Å². The summed E-state index contributed by atoms with van der Waals surface area (Å²) in [5.41, 5.74) is 9.00. The summed E-state index contributed by atoms with van der Waals surface area (Å²) >= 11 is 6.67. The molecule has 3 heterocycles. The number of aromatic nitrogens is 3. The van der Waals surface area contributed by atoms with Gasteiger partial charge in [0.15, 0.2) is 11.3 Å². The Balaban J connectivity index is 1.56. The Kier molecular flexibility index (Phi) is 5.65. The molecule has 38 heavy (non-hydrogen) atoms. The maximum Gasteiger partial charge on any atom is 0.297 e. The molecule has 0 radical (unpaired) electrons. The third-order valence-corrected chi connectivity index (χ3v) is 7.20. The number of primary amides is 1. The minimum atomic E-state index is -0.639. The molecule has 190 valence electrons. The summed E-state index contributed by atoms with van der Waals surface area (Å²) in [5.74, 6) is -0.712. The normalized spacial score (nSPS) is 15.0. The molecule has 1 atom stereocenters. The zero-order chi connectivity index (χ0) is 26.6. The Bertz CT molecular complexity index is 1760. The number of nitrogens with two attached hydrogens (primary N) is 1. The van der Waals surface area contributed by atoms with E-state index in [2.05, 4.69) is 4.98 Å². The lowest BCUT2D eigenvalue weighted by atomic mass is 9.87. The van der Waals surface area contributed by atoms with Crippen LogP contribution in [-0.2, 0) is 13.5 Å². The first kappa shape index (κ1) is 23.7. The molecular weight excluding hydrogens is 506 g/mol. The molecule has 0 unspecified atom stereocenters. The Morgan fingerprint density at radius 2 is 1.84 bits per heavy atom. The van der Waals surface area contributed by atoms with Gasteiger partial charge in [0.05, 0.1) is 6.04 Å². The van der Waals surface area contributed by atoms with Gasteiger partial charge in [-0.25, -0.2) is 9.97 Å². The number of carbonyl (C=O) groups excluding carboxylic acids is 1. The van der Waals surface area contributed by atoms with Crippen LogP contribution >= 0.6 is 11.6 Å². The highest BCUT2D eigenvalue weighted by atomic mass is 35.5. The van der Waals surface area contributed by atoms with E-state index in [0.717, 1.165) is 16.7 Å². The number of aromatic hydroxyl groups is 1. The van der Waals surface area contributed by atoms with Gasteiger partial charge < -0.3 is 20.2 Å². The number of hydrogen-bond acceptors (Lipinski definition) is 7. The van der Waals surface area contributed by atoms with Gasteiger partial charge in [0.2, 0.25) is 17.6 Å². The summed E-state index contributed by atoms with van der Waals surface area (Å²) < 4.78 is 7.13. The van der Waals surface area contributed by atoms with Crippen molar-refractivity contribution in [2.45, 2.75) is 12.5 Å². The van der Waals surface area contributed by atoms with Crippen LogP contribution in [0.15, 0.2) is 75.9 Å². The number of hydrogen-bond donors (Lipinski definition) is 2. The number of halogens is 1. The molecule has 10 heteroatoms. The smallest absolute Gasteiger partial charge is 0.297 e. The van der Waals surface area contributed by atoms with Crippen molar-refractivity contribution in [1.82, 2.24) is 14.5 Å². The molecule has 0 fully saturated rings. The molecule has 3 N–H and O–H groups in total. The topological polar surface area (TPSA) is 127 Å². The molecule has 5 aromatic rings. The van der Waals surface area contributed by atoms with Crippen molar-refractivity contribution >= 4 is 34.6 Å². The first-order valence-corrected chi connectivity index (χ1v) is 12.3. The van der Waals surface area contributed by atoms with Crippen molar-refractivity contribution in [2.75, 3.05) is 11.4 Å². The number of fused-ring (bicyclic) bond motifs is 2. The van der Waals surface area contributed by atoms with Crippen LogP contribution in [0.4, 0.5) is 5.95 Å². The molecule has 1 amide bonds. The average molecular weight is 528 g/mol. The van der Waals surface area contributed by atoms with E-state index in [1.54, 1.807) is 37.4 Å². The lowest BCUT2D eigenvalue weighted by Crippen LogP contribution is -2.40. The first-order chi connectivity index (χ1) is 18.3. The molecule has 0 bridgehead atoms. The highest BCUT2D eigenvalue weighted by molar-refractivity contribution is 6.31. The summed E-state index contributed by atoms with van der Waals surface area (Å²) in [5, 5.41) is 11.3. The Morgan fingerprint density at radius 3 is 2.61 bits per heavy atom. The molecule has 1 aliphatic rings. The number of amides is 1. The summed E-state index contributed by atoms with van der Waals surface area (Å²) in [6.07, 6.45) is 0.562. The van der Waals surface area contributed by atoms with Crippen molar-refractivity contribution in [1.29, 1.82) is 0 Å². The third kappa shape index (κ3) is 3.79. The van der Waals surface area contributed by atoms with Gasteiger partial charge in [0.1, 0.15) is 5.52 Å². The van der Waals surface area contributed by atoms with Crippen LogP contribution in [0.3, 0.4) is 0 Å². The summed E-state index contributed by atoms with van der Waals surface area (Å²) in [7, 11) is 1.55. The Labute approximate surface area is 221 Å². The van der Waals surface area contributed by atoms with Crippen molar-refractivity contribution in [3.63, 3.8) is 0 Å². The zero-order valence-corrected chi connectivity index (χ0v) is 21.0. The predicted molar refractivity (Wildman–Crippen MR) is 143 cm³/mol. The van der Waals surface area contributed by atoms with Crippen molar-refractivity contribution < 1.29 is 14.3 Å². The molecule has 0 saturated heterocycles. The SMILES string of the molecule is Cn1c(N2CCc3cc(C(N)=O)ccc3[C@H]2c2ccccc2Cl)nc(-c2nc3ccccc3o2)c(O)c1=O. The van der Waals surface area contributed by atoms with E-state index in [0.29, 0.717) is 40.6 Å². The van der Waals surface area contributed by atoms with Crippen LogP contribution in [0.5, 0.6) is 5.75 Å². The molecule has 1 aliphatic heterocycles. The fraction of sp³-hybridized carbons (Fsp3) is 0.143. The van der Waals surface area contributed by atoms with Gasteiger partial charge in [0.25, 0.3) is 11.4 Å². The molecule has 2 aromatic heterocycles. The number of oxazole rings is 1. The Morgan fingerprint density at radius 1 is 1.08 bits per heavy atom. The third-order valence-electron chi connectivity index (χ3n) is 6.85. The second-order valence-electron chi connectivity index (χ2n) is 9.11. The molecule has 9 nitrogen and oxygen atoms in total. The van der Waals surface area contributed by atoms with E-state index < -0.39 is 23.3 Å². The van der Waals surface area contributed by atoms with E-state index in [4.69, 9.17) is 26.7 Å². The van der Waals surface area contributed by atoms with Crippen molar-refractivity contribution in [3.8, 4) is 17.3 Å². The maximum atomic E-state index is 13.2. The van der Waals surface area contributed by atoms with Crippen molar-refractivity contribution in [3.05, 3.63) is 104 Å². The largest absolute Gasteiger partial charge is 0.501 e. The number of rotatable bonds is 4. The van der Waals surface area contributed by atoms with Gasteiger partial charge in [-0.2, -0.15) is 0 Å². The zero-order valence-electron chi connectivity index (χ0n) is 20.3. The van der Waals surface area contributed by atoms with Crippen LogP contribution in [0.25, 0.3) is 22.7 Å². The number of para-hydroxylation sites is 2. The second kappa shape index (κ2) is 9.04. The monoisotopic (exact) mass is 527 g/mol. The number of carbonyl (C=O) groups is 1. The van der Waals surface area contributed by atoms with Crippen LogP contribution in [-0.4, -0.2) is 32.1 Å². The Hall–Kier alpha value is -4.63. The van der Waals surface area contributed by atoms with Gasteiger partial charge in [-0.1, -0.05) is 48.0 Å². The van der Waals surface area contributed by atoms with Crippen LogP contribution < -0.4 is 16.2 Å². The molecule has 6 rings (SSSR count). The second-order valence-corrected chi connectivity index (χ2v) is 9.51. The predicted octanol–water partition coefficient (Wildman–Crippen LogP) is 4.20. The number of nitrogens with zero attached hydrogens (tertiary/aromatic N) is 4. The highest BCUT2D eigenvalue weighted by Crippen LogP contribution is 2.41. The minimum Gasteiger partial charge on any atom is -0.501 e. The maximum absolute atomic E-state index is 13.2. The van der Waals surface area contributed by atoms with E-state index in [-0.39, 0.29) is 11.6 Å². The number of benzene rings is 3. The van der Waals surface area contributed by atoms with Crippen LogP contribution in [0, 0.1) is 0 Å². The summed E-state index contributed by atoms with van der Waals surface area (Å²) in [6.45, 7) is 0.448. The van der Waals surface area contributed by atoms with E-state index in [1.165, 1.54) is 4.57 Å². The van der Waals surface area contributed by atoms with Crippen molar-refractivity contribution in [2.24, 2.45) is 12.8 Å². The van der Waals surface area contributed by atoms with E-state index >= 15 is 0 Å². The lowest BCUT2D eigenvalue weighted by Gasteiger charge is -2.39. The fourth-order valence-corrected chi connectivity index (χ4v) is 5.23. The molecule has 0 spiro atoms. The highest BCUT2D eigenvalue weighted by Gasteiger charge is 2.34. The molecule has 0 saturated carbocycles. The van der Waals surface area contributed by atoms with Crippen LogP contribution in [0.1, 0.15) is 33.1 Å².